The predicted molar refractivity (Wildman–Crippen MR) is 74.7 cm³/mol. The first kappa shape index (κ1) is 17.8. The number of ether oxygens (including phenoxy) is 1. The van der Waals surface area contributed by atoms with Crippen LogP contribution in [0.3, 0.4) is 0 Å². The third kappa shape index (κ3) is 4.94. The summed E-state index contributed by atoms with van der Waals surface area (Å²) < 4.78 is 43.1. The Balaban J connectivity index is 3.14. The minimum atomic E-state index is -4.59. The van der Waals surface area contributed by atoms with Crippen LogP contribution < -0.4 is 10.6 Å². The number of anilines is 1. The van der Waals surface area contributed by atoms with Crippen LogP contribution in [0.1, 0.15) is 36.7 Å². The number of rotatable bonds is 2. The zero-order valence-electron chi connectivity index (χ0n) is 12.6. The maximum atomic E-state index is 12.7. The molecular weight excluding hydrogens is 301 g/mol. The molecule has 0 aromatic heterocycles. The highest BCUT2D eigenvalue weighted by Crippen LogP contribution is 2.32. The standard InChI is InChI=1S/C14H17F3N2O3/c1-13(2,3)22-12(21)19-10-6-5-8(14(15,16)17)7-9(10)11(20)18-4/h5-7H,1-4H3,(H,18,20)(H,19,21). The van der Waals surface area contributed by atoms with Gasteiger partial charge in [-0.2, -0.15) is 13.2 Å². The molecule has 0 aliphatic heterocycles. The van der Waals surface area contributed by atoms with E-state index in [1.807, 2.05) is 0 Å². The highest BCUT2D eigenvalue weighted by atomic mass is 19.4. The van der Waals surface area contributed by atoms with Crippen molar-refractivity contribution < 1.29 is 27.5 Å². The summed E-state index contributed by atoms with van der Waals surface area (Å²) in [6.07, 6.45) is -5.45. The lowest BCUT2D eigenvalue weighted by Crippen LogP contribution is -2.28. The number of alkyl halides is 3. The predicted octanol–water partition coefficient (Wildman–Crippen LogP) is 3.41. The Morgan fingerprint density at radius 2 is 1.73 bits per heavy atom. The Labute approximate surface area is 125 Å². The molecule has 1 rings (SSSR count). The summed E-state index contributed by atoms with van der Waals surface area (Å²) in [5.41, 5.74) is -2.13. The van der Waals surface area contributed by atoms with Gasteiger partial charge in [-0.05, 0) is 39.0 Å². The van der Waals surface area contributed by atoms with Crippen LogP contribution in [0.2, 0.25) is 0 Å². The maximum Gasteiger partial charge on any atom is 0.416 e. The molecule has 8 heteroatoms. The van der Waals surface area contributed by atoms with E-state index in [1.165, 1.54) is 7.05 Å². The van der Waals surface area contributed by atoms with E-state index >= 15 is 0 Å². The molecule has 0 aliphatic rings. The Hall–Kier alpha value is -2.25. The topological polar surface area (TPSA) is 67.4 Å². The third-order valence-electron chi connectivity index (χ3n) is 2.45. The Morgan fingerprint density at radius 3 is 2.18 bits per heavy atom. The second-order valence-electron chi connectivity index (χ2n) is 5.46. The van der Waals surface area contributed by atoms with Crippen molar-refractivity contribution in [1.82, 2.24) is 5.32 Å². The van der Waals surface area contributed by atoms with Crippen molar-refractivity contribution in [2.45, 2.75) is 32.5 Å². The number of nitrogens with one attached hydrogen (secondary N) is 2. The maximum absolute atomic E-state index is 12.7. The van der Waals surface area contributed by atoms with Crippen LogP contribution in [-0.2, 0) is 10.9 Å². The van der Waals surface area contributed by atoms with Gasteiger partial charge in [-0.3, -0.25) is 10.1 Å². The van der Waals surface area contributed by atoms with Gasteiger partial charge in [0.1, 0.15) is 5.60 Å². The summed E-state index contributed by atoms with van der Waals surface area (Å²) in [4.78, 5) is 23.4. The summed E-state index contributed by atoms with van der Waals surface area (Å²) >= 11 is 0. The van der Waals surface area contributed by atoms with Crippen LogP contribution >= 0.6 is 0 Å². The van der Waals surface area contributed by atoms with Crippen molar-refractivity contribution in [3.63, 3.8) is 0 Å². The monoisotopic (exact) mass is 318 g/mol. The first-order chi connectivity index (χ1) is 9.94. The summed E-state index contributed by atoms with van der Waals surface area (Å²) in [6, 6.07) is 2.46. The van der Waals surface area contributed by atoms with E-state index in [9.17, 15) is 22.8 Å². The number of carbonyl (C=O) groups is 2. The van der Waals surface area contributed by atoms with E-state index in [2.05, 4.69) is 10.6 Å². The molecule has 122 valence electrons. The molecule has 1 aromatic carbocycles. The smallest absolute Gasteiger partial charge is 0.416 e. The van der Waals surface area contributed by atoms with Crippen molar-refractivity contribution in [3.05, 3.63) is 29.3 Å². The fourth-order valence-corrected chi connectivity index (χ4v) is 1.57. The average molecular weight is 318 g/mol. The van der Waals surface area contributed by atoms with Gasteiger partial charge in [0.05, 0.1) is 16.8 Å². The number of benzene rings is 1. The Kier molecular flexibility index (Phi) is 5.05. The van der Waals surface area contributed by atoms with E-state index in [1.54, 1.807) is 20.8 Å². The van der Waals surface area contributed by atoms with Crippen LogP contribution in [0, 0.1) is 0 Å². The molecule has 0 saturated carbocycles. The largest absolute Gasteiger partial charge is 0.444 e. The highest BCUT2D eigenvalue weighted by molar-refractivity contribution is 6.02. The summed E-state index contributed by atoms with van der Waals surface area (Å²) in [5, 5.41) is 4.50. The molecule has 1 aromatic rings. The second kappa shape index (κ2) is 6.25. The molecule has 0 bridgehead atoms. The molecule has 2 amide bonds. The molecule has 0 spiro atoms. The lowest BCUT2D eigenvalue weighted by atomic mass is 10.1. The van der Waals surface area contributed by atoms with Crippen LogP contribution in [-0.4, -0.2) is 24.6 Å². The van der Waals surface area contributed by atoms with Crippen LogP contribution in [0.25, 0.3) is 0 Å². The van der Waals surface area contributed by atoms with Gasteiger partial charge in [-0.1, -0.05) is 0 Å². The van der Waals surface area contributed by atoms with Crippen molar-refractivity contribution in [2.24, 2.45) is 0 Å². The van der Waals surface area contributed by atoms with Gasteiger partial charge in [0.15, 0.2) is 0 Å². The summed E-state index contributed by atoms with van der Waals surface area (Å²) in [7, 11) is 1.28. The molecule has 0 atom stereocenters. The number of halogens is 3. The highest BCUT2D eigenvalue weighted by Gasteiger charge is 2.32. The van der Waals surface area contributed by atoms with E-state index in [0.717, 1.165) is 12.1 Å². The van der Waals surface area contributed by atoms with Gasteiger partial charge in [0.2, 0.25) is 0 Å². The Bertz CT molecular complexity index is 578. The van der Waals surface area contributed by atoms with Crippen molar-refractivity contribution >= 4 is 17.7 Å². The second-order valence-corrected chi connectivity index (χ2v) is 5.46. The number of hydrogen-bond acceptors (Lipinski definition) is 3. The van der Waals surface area contributed by atoms with Crippen molar-refractivity contribution in [2.75, 3.05) is 12.4 Å². The van der Waals surface area contributed by atoms with E-state index in [4.69, 9.17) is 4.74 Å². The van der Waals surface area contributed by atoms with Gasteiger partial charge < -0.3 is 10.1 Å². The lowest BCUT2D eigenvalue weighted by Gasteiger charge is -2.20. The van der Waals surface area contributed by atoms with E-state index in [-0.39, 0.29) is 11.3 Å². The van der Waals surface area contributed by atoms with Crippen molar-refractivity contribution in [3.8, 4) is 0 Å². The SMILES string of the molecule is CNC(=O)c1cc(C(F)(F)F)ccc1NC(=O)OC(C)(C)C. The molecule has 0 saturated heterocycles. The lowest BCUT2D eigenvalue weighted by molar-refractivity contribution is -0.137. The molecule has 0 fully saturated rings. The molecule has 0 radical (unpaired) electrons. The quantitative estimate of drug-likeness (QED) is 0.878. The summed E-state index contributed by atoms with van der Waals surface area (Å²) in [6.45, 7) is 4.91. The summed E-state index contributed by atoms with van der Waals surface area (Å²) in [5.74, 6) is -0.753. The molecular formula is C14H17F3N2O3. The number of carbonyl (C=O) groups excluding carboxylic acids is 2. The van der Waals surface area contributed by atoms with Gasteiger partial charge in [-0.25, -0.2) is 4.79 Å². The molecule has 0 aliphatic carbocycles. The zero-order valence-corrected chi connectivity index (χ0v) is 12.6. The fraction of sp³-hybridized carbons (Fsp3) is 0.429. The first-order valence-electron chi connectivity index (χ1n) is 6.37. The molecule has 5 nitrogen and oxygen atoms in total. The first-order valence-corrected chi connectivity index (χ1v) is 6.37. The van der Waals surface area contributed by atoms with Gasteiger partial charge in [0.25, 0.3) is 5.91 Å². The molecule has 0 unspecified atom stereocenters. The number of hydrogen-bond donors (Lipinski definition) is 2. The number of amides is 2. The normalized spacial score (nSPS) is 11.8. The van der Waals surface area contributed by atoms with Gasteiger partial charge in [0, 0.05) is 7.05 Å². The van der Waals surface area contributed by atoms with Crippen LogP contribution in [0.5, 0.6) is 0 Å². The minimum Gasteiger partial charge on any atom is -0.444 e. The fourth-order valence-electron chi connectivity index (χ4n) is 1.57. The zero-order chi connectivity index (χ0) is 17.1. The molecule has 2 N–H and O–H groups in total. The molecule has 22 heavy (non-hydrogen) atoms. The van der Waals surface area contributed by atoms with Gasteiger partial charge >= 0.3 is 12.3 Å². The van der Waals surface area contributed by atoms with Gasteiger partial charge in [-0.15, -0.1) is 0 Å². The van der Waals surface area contributed by atoms with Crippen LogP contribution in [0.4, 0.5) is 23.7 Å². The van der Waals surface area contributed by atoms with E-state index in [0.29, 0.717) is 6.07 Å². The minimum absolute atomic E-state index is 0.0680. The van der Waals surface area contributed by atoms with Crippen LogP contribution in [0.15, 0.2) is 18.2 Å². The Morgan fingerprint density at radius 1 is 1.14 bits per heavy atom. The van der Waals surface area contributed by atoms with Crippen molar-refractivity contribution in [1.29, 1.82) is 0 Å². The molecule has 0 heterocycles. The third-order valence-corrected chi connectivity index (χ3v) is 2.45. The van der Waals surface area contributed by atoms with E-state index < -0.39 is 29.3 Å². The average Bonchev–Trinajstić information content (AvgIpc) is 2.34.